The monoisotopic (exact) mass is 404 g/mol. The number of rotatable bonds is 0. The smallest absolute Gasteiger partial charge is 0.114 e. The van der Waals surface area contributed by atoms with Crippen LogP contribution in [0.3, 0.4) is 0 Å². The van der Waals surface area contributed by atoms with Crippen LogP contribution in [0.25, 0.3) is 0 Å². The maximum Gasteiger partial charge on any atom is 0.127 e. The number of halogens is 8. The molecule has 3 aliphatic rings. The van der Waals surface area contributed by atoms with Crippen LogP contribution in [0.1, 0.15) is 12.8 Å². The Balaban J connectivity index is 2.38. The van der Waals surface area contributed by atoms with Gasteiger partial charge in [-0.1, -0.05) is 46.4 Å². The second-order valence-electron chi connectivity index (χ2n) is 4.76. The highest BCUT2D eigenvalue weighted by Crippen LogP contribution is 2.80. The van der Waals surface area contributed by atoms with Crippen molar-refractivity contribution >= 4 is 92.8 Å². The molecule has 4 atom stereocenters. The van der Waals surface area contributed by atoms with Crippen molar-refractivity contribution < 1.29 is 0 Å². The van der Waals surface area contributed by atoms with E-state index in [1.807, 2.05) is 0 Å². The molecular weight excluding hydrogens is 404 g/mol. The van der Waals surface area contributed by atoms with Crippen LogP contribution in [0.2, 0.25) is 0 Å². The van der Waals surface area contributed by atoms with E-state index >= 15 is 0 Å². The van der Waals surface area contributed by atoms with Gasteiger partial charge in [0.05, 0.1) is 20.0 Å². The molecule has 0 saturated heterocycles. The van der Waals surface area contributed by atoms with Gasteiger partial charge in [-0.25, -0.2) is 0 Å². The second-order valence-corrected chi connectivity index (χ2v) is 8.86. The molecule has 0 aromatic rings. The minimum atomic E-state index is -1.35. The first-order valence-electron chi connectivity index (χ1n) is 4.93. The lowest BCUT2D eigenvalue weighted by Crippen LogP contribution is -2.58. The molecule has 0 nitrogen and oxygen atoms in total. The highest BCUT2D eigenvalue weighted by Gasteiger charge is 2.85. The first-order valence-corrected chi connectivity index (χ1v) is 7.95. The van der Waals surface area contributed by atoms with Gasteiger partial charge in [-0.05, 0) is 6.42 Å². The molecule has 0 aromatic carbocycles. The molecule has 2 bridgehead atoms. The summed E-state index contributed by atoms with van der Waals surface area (Å²) < 4.78 is 0. The van der Waals surface area contributed by atoms with Crippen LogP contribution in [0.4, 0.5) is 0 Å². The normalized spacial score (nSPS) is 54.7. The molecule has 0 radical (unpaired) electrons. The zero-order valence-corrected chi connectivity index (χ0v) is 14.5. The maximum absolute atomic E-state index is 6.65. The number of fused-ring (bicyclic) bond motifs is 5. The minimum absolute atomic E-state index is 0.191. The second kappa shape index (κ2) is 3.76. The molecule has 4 unspecified atom stereocenters. The summed E-state index contributed by atoms with van der Waals surface area (Å²) in [5, 5.41) is 0.951. The predicted molar refractivity (Wildman–Crippen MR) is 81.0 cm³/mol. The van der Waals surface area contributed by atoms with Crippen molar-refractivity contribution in [1.29, 1.82) is 0 Å². The Labute approximate surface area is 144 Å². The molecule has 1 saturated carbocycles. The average Bonchev–Trinajstić information content (AvgIpc) is 2.65. The standard InChI is InChI=1S/C10H4Cl8/c11-3-1-9(17)7(15)2-8(16,6(14)5(7)13)10(9,18)4(3)12/h1-2H2. The van der Waals surface area contributed by atoms with Crippen LogP contribution in [0, 0.1) is 0 Å². The van der Waals surface area contributed by atoms with Crippen molar-refractivity contribution in [2.45, 2.75) is 32.3 Å². The fourth-order valence-electron chi connectivity index (χ4n) is 3.10. The van der Waals surface area contributed by atoms with Gasteiger partial charge in [0.15, 0.2) is 0 Å². The van der Waals surface area contributed by atoms with Gasteiger partial charge in [-0.3, -0.25) is 0 Å². The molecule has 100 valence electrons. The Morgan fingerprint density at radius 2 is 1.22 bits per heavy atom. The number of allylic oxidation sites excluding steroid dienone is 4. The van der Waals surface area contributed by atoms with Crippen molar-refractivity contribution in [3.8, 4) is 0 Å². The predicted octanol–water partition coefficient (Wildman–Crippen LogP) is 6.10. The van der Waals surface area contributed by atoms with Crippen molar-refractivity contribution in [1.82, 2.24) is 0 Å². The van der Waals surface area contributed by atoms with E-state index in [0.29, 0.717) is 5.03 Å². The van der Waals surface area contributed by atoms with E-state index in [1.165, 1.54) is 0 Å². The van der Waals surface area contributed by atoms with Gasteiger partial charge in [0.25, 0.3) is 0 Å². The van der Waals surface area contributed by atoms with Crippen molar-refractivity contribution in [3.63, 3.8) is 0 Å². The van der Waals surface area contributed by atoms with Gasteiger partial charge in [0.2, 0.25) is 0 Å². The molecule has 3 aliphatic carbocycles. The van der Waals surface area contributed by atoms with E-state index in [9.17, 15) is 0 Å². The third-order valence-electron chi connectivity index (χ3n) is 4.04. The van der Waals surface area contributed by atoms with Gasteiger partial charge >= 0.3 is 0 Å². The van der Waals surface area contributed by atoms with Crippen LogP contribution < -0.4 is 0 Å². The van der Waals surface area contributed by atoms with Gasteiger partial charge in [-0.2, -0.15) is 0 Å². The van der Waals surface area contributed by atoms with E-state index in [1.54, 1.807) is 0 Å². The number of hydrogen-bond donors (Lipinski definition) is 0. The minimum Gasteiger partial charge on any atom is -0.114 e. The molecular formula is C10H4Cl8. The van der Waals surface area contributed by atoms with Gasteiger partial charge in [0, 0.05) is 11.5 Å². The molecule has 3 rings (SSSR count). The lowest BCUT2D eigenvalue weighted by atomic mass is 9.82. The van der Waals surface area contributed by atoms with E-state index in [4.69, 9.17) is 92.8 Å². The topological polar surface area (TPSA) is 0 Å². The summed E-state index contributed by atoms with van der Waals surface area (Å²) in [6.07, 6.45) is 0.422. The first-order chi connectivity index (χ1) is 8.06. The van der Waals surface area contributed by atoms with Gasteiger partial charge in [0.1, 0.15) is 14.6 Å². The maximum atomic E-state index is 6.65. The molecule has 0 aliphatic heterocycles. The van der Waals surface area contributed by atoms with E-state index in [2.05, 4.69) is 0 Å². The quantitative estimate of drug-likeness (QED) is 0.426. The molecule has 1 fully saturated rings. The zero-order valence-electron chi connectivity index (χ0n) is 8.44. The molecule has 0 heterocycles. The zero-order chi connectivity index (χ0) is 13.7. The van der Waals surface area contributed by atoms with E-state index in [-0.39, 0.29) is 27.9 Å². The Morgan fingerprint density at radius 3 is 1.78 bits per heavy atom. The SMILES string of the molecule is ClC1=C(Cl)C2(Cl)C3(Cl)CC(Cl)(C(Cl)=C3Cl)C2(Cl)C1. The summed E-state index contributed by atoms with van der Waals surface area (Å²) in [5.41, 5.74) is 0. The number of hydrogen-bond acceptors (Lipinski definition) is 0. The van der Waals surface area contributed by atoms with Crippen LogP contribution in [-0.2, 0) is 0 Å². The lowest BCUT2D eigenvalue weighted by Gasteiger charge is -2.46. The van der Waals surface area contributed by atoms with Crippen LogP contribution in [-0.4, -0.2) is 19.5 Å². The first kappa shape index (κ1) is 14.7. The summed E-state index contributed by atoms with van der Waals surface area (Å²) in [6, 6.07) is 0. The highest BCUT2D eigenvalue weighted by molar-refractivity contribution is 6.61. The molecule has 18 heavy (non-hydrogen) atoms. The van der Waals surface area contributed by atoms with Crippen LogP contribution in [0.15, 0.2) is 20.1 Å². The Hall–Kier alpha value is 1.80. The Morgan fingerprint density at radius 1 is 0.722 bits per heavy atom. The summed E-state index contributed by atoms with van der Waals surface area (Å²) in [6.45, 7) is 0. The van der Waals surface area contributed by atoms with Gasteiger partial charge in [-0.15, -0.1) is 46.4 Å². The van der Waals surface area contributed by atoms with E-state index in [0.717, 1.165) is 0 Å². The molecule has 0 spiro atoms. The van der Waals surface area contributed by atoms with Gasteiger partial charge < -0.3 is 0 Å². The summed E-state index contributed by atoms with van der Waals surface area (Å²) in [7, 11) is 0. The summed E-state index contributed by atoms with van der Waals surface area (Å²) in [5.74, 6) is 0. The molecule has 0 amide bonds. The summed E-state index contributed by atoms with van der Waals surface area (Å²) >= 11 is 51.1. The summed E-state index contributed by atoms with van der Waals surface area (Å²) in [4.78, 5) is -4.93. The fourth-order valence-corrected chi connectivity index (χ4v) is 7.27. The van der Waals surface area contributed by atoms with Crippen molar-refractivity contribution in [2.24, 2.45) is 0 Å². The fraction of sp³-hybridized carbons (Fsp3) is 0.600. The third-order valence-corrected chi connectivity index (χ3v) is 9.49. The molecule has 0 N–H and O–H groups in total. The Bertz CT molecular complexity index is 538. The van der Waals surface area contributed by atoms with Crippen molar-refractivity contribution in [3.05, 3.63) is 20.1 Å². The highest BCUT2D eigenvalue weighted by atomic mass is 35.5. The average molecular weight is 408 g/mol. The van der Waals surface area contributed by atoms with E-state index < -0.39 is 19.5 Å². The van der Waals surface area contributed by atoms with Crippen LogP contribution >= 0.6 is 92.8 Å². The molecule has 8 heteroatoms. The Kier molecular flexibility index (Phi) is 3.08. The lowest BCUT2D eigenvalue weighted by molar-refractivity contribution is 0.477. The van der Waals surface area contributed by atoms with Crippen molar-refractivity contribution in [2.75, 3.05) is 0 Å². The molecule has 0 aromatic heterocycles. The van der Waals surface area contributed by atoms with Crippen LogP contribution in [0.5, 0.6) is 0 Å². The number of alkyl halides is 4. The largest absolute Gasteiger partial charge is 0.127 e. The third kappa shape index (κ3) is 1.16.